The lowest BCUT2D eigenvalue weighted by Gasteiger charge is -2.21. The van der Waals surface area contributed by atoms with Crippen molar-refractivity contribution in [2.75, 3.05) is 39.6 Å². The predicted octanol–water partition coefficient (Wildman–Crippen LogP) is 21.3. The summed E-state index contributed by atoms with van der Waals surface area (Å²) in [5, 5.41) is 10.6. The smallest absolute Gasteiger partial charge is 0.462 e. The summed E-state index contributed by atoms with van der Waals surface area (Å²) in [6, 6.07) is 0. The standard InChI is InChI=1S/C74H144O17P2/c1-9-67(8)53-45-37-29-23-24-32-41-49-57-74(79)91-69(60-84-71(76)54-46-38-30-21-17-15-13-11-10-12-14-16-19-26-34-42-50-64(2)3)62-88-92(80,81)86-58-68(75)59-87-93(82,83)89-63-70(61-85-72(77)55-47-39-33-25-28-36-44-52-66(6)7)90-73(78)56-48-40-31-22-18-20-27-35-43-51-65(4)5/h64-70,75H,9-63H2,1-8H3,(H,80,81)(H,82,83)/t67?,68?,69-,70-/m1/s1. The molecule has 0 aromatic rings. The molecule has 93 heavy (non-hydrogen) atoms. The van der Waals surface area contributed by atoms with Gasteiger partial charge in [0.2, 0.25) is 0 Å². The molecule has 0 radical (unpaired) electrons. The van der Waals surface area contributed by atoms with Crippen LogP contribution in [0, 0.1) is 23.7 Å². The van der Waals surface area contributed by atoms with Gasteiger partial charge in [0.25, 0.3) is 0 Å². The fourth-order valence-corrected chi connectivity index (χ4v) is 12.7. The molecule has 0 fully saturated rings. The van der Waals surface area contributed by atoms with Gasteiger partial charge < -0.3 is 33.8 Å². The third kappa shape index (κ3) is 67.0. The van der Waals surface area contributed by atoms with E-state index in [-0.39, 0.29) is 25.7 Å². The van der Waals surface area contributed by atoms with E-state index in [9.17, 15) is 43.2 Å². The third-order valence-electron chi connectivity index (χ3n) is 17.4. The third-order valence-corrected chi connectivity index (χ3v) is 19.3. The van der Waals surface area contributed by atoms with Crippen LogP contribution in [0.1, 0.15) is 370 Å². The minimum Gasteiger partial charge on any atom is -0.462 e. The predicted molar refractivity (Wildman–Crippen MR) is 377 cm³/mol. The van der Waals surface area contributed by atoms with E-state index in [2.05, 4.69) is 55.4 Å². The van der Waals surface area contributed by atoms with Crippen LogP contribution in [0.25, 0.3) is 0 Å². The fraction of sp³-hybridized carbons (Fsp3) is 0.946. The molecule has 0 heterocycles. The number of esters is 4. The van der Waals surface area contributed by atoms with Gasteiger partial charge in [0.15, 0.2) is 12.2 Å². The van der Waals surface area contributed by atoms with E-state index in [0.29, 0.717) is 31.6 Å². The van der Waals surface area contributed by atoms with Crippen molar-refractivity contribution in [3.63, 3.8) is 0 Å². The van der Waals surface area contributed by atoms with E-state index in [1.807, 2.05) is 0 Å². The maximum Gasteiger partial charge on any atom is 0.472 e. The first-order valence-electron chi connectivity index (χ1n) is 38.2. The summed E-state index contributed by atoms with van der Waals surface area (Å²) in [5.74, 6) is 0.897. The Morgan fingerprint density at radius 3 is 0.763 bits per heavy atom. The van der Waals surface area contributed by atoms with Crippen molar-refractivity contribution in [3.8, 4) is 0 Å². The van der Waals surface area contributed by atoms with Gasteiger partial charge in [-0.15, -0.1) is 0 Å². The monoisotopic (exact) mass is 1370 g/mol. The molecule has 3 N–H and O–H groups in total. The molecule has 6 atom stereocenters. The van der Waals surface area contributed by atoms with Gasteiger partial charge in [0.1, 0.15) is 19.3 Å². The van der Waals surface area contributed by atoms with Gasteiger partial charge in [-0.05, 0) is 49.4 Å². The maximum atomic E-state index is 13.1. The van der Waals surface area contributed by atoms with Gasteiger partial charge in [-0.1, -0.05) is 319 Å². The molecule has 0 amide bonds. The zero-order chi connectivity index (χ0) is 68.9. The molecule has 0 saturated heterocycles. The molecule has 0 aliphatic heterocycles. The number of aliphatic hydroxyl groups excluding tert-OH is 1. The average molecular weight is 1370 g/mol. The van der Waals surface area contributed by atoms with Crippen LogP contribution < -0.4 is 0 Å². The van der Waals surface area contributed by atoms with Gasteiger partial charge in [-0.3, -0.25) is 37.3 Å². The number of hydrogen-bond donors (Lipinski definition) is 3. The average Bonchev–Trinajstić information content (AvgIpc) is 2.25. The number of phosphoric ester groups is 2. The second-order valence-electron chi connectivity index (χ2n) is 28.4. The molecule has 0 aliphatic carbocycles. The first kappa shape index (κ1) is 91.1. The SMILES string of the molecule is CCC(C)CCCCCCCCCCC(=O)O[C@H](COC(=O)CCCCCCCCCCCCCCCCCCC(C)C)COP(=O)(O)OCC(O)COP(=O)(O)OC[C@@H](COC(=O)CCCCCCCCCC(C)C)OC(=O)CCCCCCCCCCCC(C)C. The van der Waals surface area contributed by atoms with Crippen LogP contribution in [-0.2, 0) is 65.4 Å². The summed E-state index contributed by atoms with van der Waals surface area (Å²) in [7, 11) is -9.91. The van der Waals surface area contributed by atoms with E-state index in [1.165, 1.54) is 167 Å². The summed E-state index contributed by atoms with van der Waals surface area (Å²) < 4.78 is 68.4. The van der Waals surface area contributed by atoms with E-state index in [0.717, 1.165) is 114 Å². The van der Waals surface area contributed by atoms with Gasteiger partial charge in [0, 0.05) is 25.7 Å². The van der Waals surface area contributed by atoms with Crippen LogP contribution in [0.15, 0.2) is 0 Å². The molecule has 0 aromatic heterocycles. The van der Waals surface area contributed by atoms with Crippen LogP contribution in [0.4, 0.5) is 0 Å². The highest BCUT2D eigenvalue weighted by Crippen LogP contribution is 2.45. The highest BCUT2D eigenvalue weighted by Gasteiger charge is 2.30. The molecule has 19 heteroatoms. The highest BCUT2D eigenvalue weighted by atomic mass is 31.2. The van der Waals surface area contributed by atoms with E-state index < -0.39 is 97.5 Å². The molecule has 4 unspecified atom stereocenters. The van der Waals surface area contributed by atoms with Crippen molar-refractivity contribution >= 4 is 39.5 Å². The Balaban J connectivity index is 5.21. The number of ether oxygens (including phenoxy) is 4. The number of carbonyl (C=O) groups excluding carboxylic acids is 4. The molecule has 552 valence electrons. The van der Waals surface area contributed by atoms with E-state index >= 15 is 0 Å². The molecule has 17 nitrogen and oxygen atoms in total. The summed E-state index contributed by atoms with van der Waals surface area (Å²) in [5.41, 5.74) is 0. The van der Waals surface area contributed by atoms with Crippen molar-refractivity contribution in [1.82, 2.24) is 0 Å². The Labute approximate surface area is 568 Å². The zero-order valence-electron chi connectivity index (χ0n) is 60.9. The number of hydrogen-bond acceptors (Lipinski definition) is 15. The molecular formula is C74H144O17P2. The molecular weight excluding hydrogens is 1220 g/mol. The summed E-state index contributed by atoms with van der Waals surface area (Å²) >= 11 is 0. The summed E-state index contributed by atoms with van der Waals surface area (Å²) in [6.07, 6.45) is 47.3. The summed E-state index contributed by atoms with van der Waals surface area (Å²) in [6.45, 7) is 14.1. The van der Waals surface area contributed by atoms with Crippen LogP contribution in [-0.4, -0.2) is 96.7 Å². The van der Waals surface area contributed by atoms with Crippen molar-refractivity contribution in [2.45, 2.75) is 388 Å². The second-order valence-corrected chi connectivity index (χ2v) is 31.3. The lowest BCUT2D eigenvalue weighted by molar-refractivity contribution is -0.161. The van der Waals surface area contributed by atoms with Crippen LogP contribution in [0.3, 0.4) is 0 Å². The molecule has 0 spiro atoms. The first-order chi connectivity index (χ1) is 44.6. The van der Waals surface area contributed by atoms with Crippen LogP contribution in [0.2, 0.25) is 0 Å². The molecule has 0 aromatic carbocycles. The Morgan fingerprint density at radius 1 is 0.301 bits per heavy atom. The summed E-state index contributed by atoms with van der Waals surface area (Å²) in [4.78, 5) is 72.7. The maximum absolute atomic E-state index is 13.1. The number of carbonyl (C=O) groups is 4. The van der Waals surface area contributed by atoms with Crippen molar-refractivity contribution in [2.24, 2.45) is 23.7 Å². The van der Waals surface area contributed by atoms with Crippen molar-refractivity contribution in [3.05, 3.63) is 0 Å². The quantitative estimate of drug-likeness (QED) is 0.0222. The van der Waals surface area contributed by atoms with Crippen LogP contribution in [0.5, 0.6) is 0 Å². The molecule has 0 saturated carbocycles. The lowest BCUT2D eigenvalue weighted by Crippen LogP contribution is -2.30. The Hall–Kier alpha value is -1.94. The molecule has 0 aliphatic rings. The zero-order valence-corrected chi connectivity index (χ0v) is 62.7. The van der Waals surface area contributed by atoms with Crippen molar-refractivity contribution < 1.29 is 80.2 Å². The van der Waals surface area contributed by atoms with Gasteiger partial charge in [-0.25, -0.2) is 9.13 Å². The Bertz CT molecular complexity index is 1840. The normalized spacial score (nSPS) is 14.5. The van der Waals surface area contributed by atoms with Crippen molar-refractivity contribution in [1.29, 1.82) is 0 Å². The van der Waals surface area contributed by atoms with Gasteiger partial charge in [-0.2, -0.15) is 0 Å². The minimum atomic E-state index is -4.96. The number of unbranched alkanes of at least 4 members (excludes halogenated alkanes) is 36. The first-order valence-corrected chi connectivity index (χ1v) is 41.2. The molecule has 0 rings (SSSR count). The van der Waals surface area contributed by atoms with E-state index in [4.69, 9.17) is 37.0 Å². The topological polar surface area (TPSA) is 237 Å². The minimum absolute atomic E-state index is 0.104. The molecule has 0 bridgehead atoms. The highest BCUT2D eigenvalue weighted by molar-refractivity contribution is 7.47. The fourth-order valence-electron chi connectivity index (χ4n) is 11.2. The van der Waals surface area contributed by atoms with Gasteiger partial charge >= 0.3 is 39.5 Å². The van der Waals surface area contributed by atoms with E-state index in [1.54, 1.807) is 0 Å². The van der Waals surface area contributed by atoms with Crippen LogP contribution >= 0.6 is 15.6 Å². The number of aliphatic hydroxyl groups is 1. The Kier molecular flexibility index (Phi) is 62.2. The Morgan fingerprint density at radius 2 is 0.516 bits per heavy atom. The number of rotatable bonds is 71. The second kappa shape index (κ2) is 63.5. The lowest BCUT2D eigenvalue weighted by atomic mass is 9.99. The van der Waals surface area contributed by atoms with Gasteiger partial charge in [0.05, 0.1) is 26.4 Å². The number of phosphoric acid groups is 2. The largest absolute Gasteiger partial charge is 0.472 e.